The molecule has 2 N–H and O–H groups in total. The van der Waals surface area contributed by atoms with Crippen LogP contribution in [0.15, 0.2) is 42.6 Å². The average molecular weight is 291 g/mol. The van der Waals surface area contributed by atoms with Crippen LogP contribution in [0.1, 0.15) is 4.88 Å². The summed E-state index contributed by atoms with van der Waals surface area (Å²) >= 11 is 7.27. The van der Waals surface area contributed by atoms with Crippen molar-refractivity contribution in [3.05, 3.63) is 51.9 Å². The number of fused-ring (bicyclic) bond motifs is 1. The Bertz CT molecular complexity index is 726. The fourth-order valence-corrected chi connectivity index (χ4v) is 2.89. The summed E-state index contributed by atoms with van der Waals surface area (Å²) in [4.78, 5) is 5.10. The summed E-state index contributed by atoms with van der Waals surface area (Å²) in [7, 11) is 0. The molecule has 5 heteroatoms. The summed E-state index contributed by atoms with van der Waals surface area (Å²) < 4.78 is 0.555. The van der Waals surface area contributed by atoms with Crippen molar-refractivity contribution in [3.63, 3.8) is 0 Å². The van der Waals surface area contributed by atoms with Crippen LogP contribution in [0.25, 0.3) is 10.8 Å². The van der Waals surface area contributed by atoms with E-state index in [-0.39, 0.29) is 5.75 Å². The van der Waals surface area contributed by atoms with Crippen LogP contribution in [-0.4, -0.2) is 10.1 Å². The number of anilines is 1. The van der Waals surface area contributed by atoms with E-state index in [2.05, 4.69) is 10.3 Å². The number of hydrogen-bond acceptors (Lipinski definition) is 4. The fraction of sp³-hybridized carbons (Fsp3) is 0.0714. The van der Waals surface area contributed by atoms with Crippen molar-refractivity contribution in [2.45, 2.75) is 6.54 Å². The molecule has 0 amide bonds. The van der Waals surface area contributed by atoms with E-state index < -0.39 is 0 Å². The summed E-state index contributed by atoms with van der Waals surface area (Å²) in [6, 6.07) is 11.3. The van der Waals surface area contributed by atoms with Crippen molar-refractivity contribution in [1.82, 2.24) is 4.98 Å². The van der Waals surface area contributed by atoms with Gasteiger partial charge in [-0.1, -0.05) is 23.7 Å². The highest BCUT2D eigenvalue weighted by atomic mass is 35.5. The molecule has 1 aromatic heterocycles. The SMILES string of the molecule is Oc1ccc2c(NCc3cnc(Cl)s3)cccc2c1. The lowest BCUT2D eigenvalue weighted by Gasteiger charge is -2.08. The Morgan fingerprint density at radius 1 is 1.26 bits per heavy atom. The molecule has 3 nitrogen and oxygen atoms in total. The molecule has 0 radical (unpaired) electrons. The number of hydrogen-bond donors (Lipinski definition) is 2. The molecule has 1 heterocycles. The van der Waals surface area contributed by atoms with Crippen molar-refractivity contribution in [3.8, 4) is 5.75 Å². The highest BCUT2D eigenvalue weighted by Gasteiger charge is 2.03. The third kappa shape index (κ3) is 2.64. The van der Waals surface area contributed by atoms with E-state index in [0.29, 0.717) is 11.0 Å². The van der Waals surface area contributed by atoms with Gasteiger partial charge in [0.2, 0.25) is 0 Å². The number of phenolic OH excluding ortho intramolecular Hbond substituents is 1. The summed E-state index contributed by atoms with van der Waals surface area (Å²) in [6.07, 6.45) is 1.77. The standard InChI is InChI=1S/C14H11ClN2OS/c15-14-17-8-11(19-14)7-16-13-3-1-2-9-6-10(18)4-5-12(9)13/h1-6,8,16,18H,7H2. The molecule has 0 unspecified atom stereocenters. The lowest BCUT2D eigenvalue weighted by Crippen LogP contribution is -1.97. The highest BCUT2D eigenvalue weighted by molar-refractivity contribution is 7.15. The summed E-state index contributed by atoms with van der Waals surface area (Å²) in [6.45, 7) is 0.685. The predicted octanol–water partition coefficient (Wildman–Crippen LogP) is 4.27. The topological polar surface area (TPSA) is 45.1 Å². The molecule has 0 atom stereocenters. The third-order valence-corrected chi connectivity index (χ3v) is 3.96. The second-order valence-electron chi connectivity index (χ2n) is 4.14. The molecule has 0 aliphatic heterocycles. The fourth-order valence-electron chi connectivity index (χ4n) is 1.97. The van der Waals surface area contributed by atoms with Crippen molar-refractivity contribution in [2.75, 3.05) is 5.32 Å². The maximum Gasteiger partial charge on any atom is 0.183 e. The summed E-state index contributed by atoms with van der Waals surface area (Å²) in [5.74, 6) is 0.277. The molecule has 0 saturated carbocycles. The minimum atomic E-state index is 0.277. The largest absolute Gasteiger partial charge is 0.508 e. The van der Waals surface area contributed by atoms with Crippen LogP contribution in [0.5, 0.6) is 5.75 Å². The van der Waals surface area contributed by atoms with Crippen LogP contribution in [0.3, 0.4) is 0 Å². The van der Waals surface area contributed by atoms with E-state index in [4.69, 9.17) is 11.6 Å². The molecule has 0 fully saturated rings. The van der Waals surface area contributed by atoms with E-state index in [1.54, 1.807) is 18.3 Å². The number of aromatic nitrogens is 1. The molecule has 0 spiro atoms. The summed E-state index contributed by atoms with van der Waals surface area (Å²) in [5, 5.41) is 14.9. The van der Waals surface area contributed by atoms with Crippen LogP contribution in [0.2, 0.25) is 4.47 Å². The Balaban J connectivity index is 1.88. The lowest BCUT2D eigenvalue weighted by atomic mass is 10.1. The molecule has 96 valence electrons. The van der Waals surface area contributed by atoms with Gasteiger partial charge >= 0.3 is 0 Å². The molecular formula is C14H11ClN2OS. The van der Waals surface area contributed by atoms with Gasteiger partial charge in [-0.15, -0.1) is 11.3 Å². The molecule has 0 saturated heterocycles. The molecule has 0 bridgehead atoms. The Kier molecular flexibility index (Phi) is 3.27. The molecule has 19 heavy (non-hydrogen) atoms. The van der Waals surface area contributed by atoms with Crippen LogP contribution < -0.4 is 5.32 Å². The van der Waals surface area contributed by atoms with Gasteiger partial charge in [0.1, 0.15) is 5.75 Å². The van der Waals surface area contributed by atoms with Gasteiger partial charge in [-0.2, -0.15) is 0 Å². The van der Waals surface area contributed by atoms with Crippen LogP contribution >= 0.6 is 22.9 Å². The number of rotatable bonds is 3. The van der Waals surface area contributed by atoms with Gasteiger partial charge in [-0.3, -0.25) is 0 Å². The van der Waals surface area contributed by atoms with Crippen molar-refractivity contribution in [1.29, 1.82) is 0 Å². The maximum atomic E-state index is 9.49. The van der Waals surface area contributed by atoms with Gasteiger partial charge in [0.25, 0.3) is 0 Å². The first kappa shape index (κ1) is 12.3. The molecule has 0 aliphatic carbocycles. The lowest BCUT2D eigenvalue weighted by molar-refractivity contribution is 0.476. The zero-order valence-corrected chi connectivity index (χ0v) is 11.5. The third-order valence-electron chi connectivity index (χ3n) is 2.84. The van der Waals surface area contributed by atoms with Crippen LogP contribution in [0.4, 0.5) is 5.69 Å². The highest BCUT2D eigenvalue weighted by Crippen LogP contribution is 2.27. The minimum Gasteiger partial charge on any atom is -0.508 e. The minimum absolute atomic E-state index is 0.277. The van der Waals surface area contributed by atoms with Crippen LogP contribution in [-0.2, 0) is 6.54 Å². The Hall–Kier alpha value is -1.78. The predicted molar refractivity (Wildman–Crippen MR) is 80.1 cm³/mol. The second kappa shape index (κ2) is 5.07. The van der Waals surface area contributed by atoms with Crippen molar-refractivity contribution in [2.24, 2.45) is 0 Å². The first-order valence-corrected chi connectivity index (χ1v) is 6.97. The number of aromatic hydroxyl groups is 1. The van der Waals surface area contributed by atoms with E-state index >= 15 is 0 Å². The molecule has 3 rings (SSSR count). The van der Waals surface area contributed by atoms with Gasteiger partial charge in [0.15, 0.2) is 4.47 Å². The smallest absolute Gasteiger partial charge is 0.183 e. The average Bonchev–Trinajstić information content (AvgIpc) is 2.81. The van der Waals surface area contributed by atoms with E-state index in [1.165, 1.54) is 11.3 Å². The molecular weight excluding hydrogens is 280 g/mol. The molecule has 3 aromatic rings. The Morgan fingerprint density at radius 2 is 2.16 bits per heavy atom. The van der Waals surface area contributed by atoms with Crippen LogP contribution in [0, 0.1) is 0 Å². The number of phenols is 1. The van der Waals surface area contributed by atoms with Crippen molar-refractivity contribution < 1.29 is 5.11 Å². The monoisotopic (exact) mass is 290 g/mol. The number of benzene rings is 2. The quantitative estimate of drug-likeness (QED) is 0.757. The normalized spacial score (nSPS) is 10.8. The van der Waals surface area contributed by atoms with E-state index in [9.17, 15) is 5.11 Å². The molecule has 0 aliphatic rings. The van der Waals surface area contributed by atoms with Gasteiger partial charge in [0, 0.05) is 22.1 Å². The Morgan fingerprint density at radius 3 is 2.95 bits per heavy atom. The number of halogens is 1. The van der Waals surface area contributed by atoms with Crippen molar-refractivity contribution >= 4 is 39.4 Å². The first-order valence-electron chi connectivity index (χ1n) is 5.78. The first-order chi connectivity index (χ1) is 9.22. The number of nitrogens with one attached hydrogen (secondary N) is 1. The number of nitrogens with zero attached hydrogens (tertiary/aromatic N) is 1. The number of thiazole rings is 1. The van der Waals surface area contributed by atoms with Gasteiger partial charge in [-0.05, 0) is 29.7 Å². The van der Waals surface area contributed by atoms with E-state index in [1.807, 2.05) is 24.3 Å². The van der Waals surface area contributed by atoms with Gasteiger partial charge in [-0.25, -0.2) is 4.98 Å². The van der Waals surface area contributed by atoms with Gasteiger partial charge < -0.3 is 10.4 Å². The van der Waals surface area contributed by atoms with Gasteiger partial charge in [0.05, 0.1) is 6.54 Å². The maximum absolute atomic E-state index is 9.49. The second-order valence-corrected chi connectivity index (χ2v) is 5.84. The summed E-state index contributed by atoms with van der Waals surface area (Å²) in [5.41, 5.74) is 1.03. The van der Waals surface area contributed by atoms with E-state index in [0.717, 1.165) is 21.3 Å². The Labute approximate surface area is 119 Å². The molecule has 2 aromatic carbocycles. The zero-order valence-electron chi connectivity index (χ0n) is 9.93. The zero-order chi connectivity index (χ0) is 13.2.